The zero-order valence-electron chi connectivity index (χ0n) is 14.6. The van der Waals surface area contributed by atoms with Gasteiger partial charge in [0, 0.05) is 18.1 Å². The van der Waals surface area contributed by atoms with Crippen LogP contribution in [0.25, 0.3) is 11.1 Å². The topological polar surface area (TPSA) is 125 Å². The fourth-order valence-corrected chi connectivity index (χ4v) is 2.70. The van der Waals surface area contributed by atoms with E-state index in [1.54, 1.807) is 6.92 Å². The van der Waals surface area contributed by atoms with Gasteiger partial charge in [-0.1, -0.05) is 19.1 Å². The molecule has 0 saturated carbocycles. The highest BCUT2D eigenvalue weighted by Crippen LogP contribution is 2.28. The average Bonchev–Trinajstić information content (AvgIpc) is 2.65. The molecule has 1 heterocycles. The predicted octanol–water partition coefficient (Wildman–Crippen LogP) is 1.30. The van der Waals surface area contributed by atoms with Crippen LogP contribution in [0.15, 0.2) is 40.2 Å². The Labute approximate surface area is 158 Å². The molecule has 1 aromatic carbocycles. The van der Waals surface area contributed by atoms with Crippen LogP contribution in [0.2, 0.25) is 0 Å². The number of hydrogen-bond donors (Lipinski definition) is 2. The molecule has 3 N–H and O–H groups in total. The van der Waals surface area contributed by atoms with Gasteiger partial charge in [0.05, 0.1) is 17.7 Å². The van der Waals surface area contributed by atoms with Crippen LogP contribution in [0, 0.1) is 5.92 Å². The number of primary sulfonamides is 1. The Hall–Kier alpha value is -2.44. The second kappa shape index (κ2) is 8.71. The third-order valence-electron chi connectivity index (χ3n) is 3.72. The largest absolute Gasteiger partial charge is 0.487 e. The van der Waals surface area contributed by atoms with Gasteiger partial charge in [0.1, 0.15) is 0 Å². The number of rotatable bonds is 8. The number of alkyl halides is 3. The van der Waals surface area contributed by atoms with Gasteiger partial charge in [-0.25, -0.2) is 26.7 Å². The van der Waals surface area contributed by atoms with Crippen LogP contribution in [-0.4, -0.2) is 42.9 Å². The van der Waals surface area contributed by atoms with Crippen LogP contribution in [0.1, 0.15) is 13.2 Å². The van der Waals surface area contributed by atoms with Crippen LogP contribution >= 0.6 is 0 Å². The molecule has 0 aliphatic heterocycles. The summed E-state index contributed by atoms with van der Waals surface area (Å²) in [5, 5.41) is 17.5. The molecule has 0 radical (unpaired) electrons. The predicted molar refractivity (Wildman–Crippen MR) is 93.2 cm³/mol. The lowest BCUT2D eigenvalue weighted by Crippen LogP contribution is -2.31. The molecule has 28 heavy (non-hydrogen) atoms. The monoisotopic (exact) mass is 421 g/mol. The zero-order chi connectivity index (χ0) is 21.1. The normalized spacial score (nSPS) is 14.1. The summed E-state index contributed by atoms with van der Waals surface area (Å²) in [5.41, 5.74) is -0.928. The number of halogens is 3. The van der Waals surface area contributed by atoms with Crippen molar-refractivity contribution in [3.8, 4) is 16.9 Å². The second-order valence-corrected chi connectivity index (χ2v) is 7.57. The van der Waals surface area contributed by atoms with E-state index in [0.29, 0.717) is 0 Å². The number of sulfonamides is 1. The molecule has 2 atom stereocenters. The van der Waals surface area contributed by atoms with Gasteiger partial charge in [0.2, 0.25) is 10.0 Å². The molecular weight excluding hydrogens is 403 g/mol. The summed E-state index contributed by atoms with van der Waals surface area (Å²) in [5.74, 6) is -0.850. The summed E-state index contributed by atoms with van der Waals surface area (Å²) in [6, 6.07) is 4.96. The molecule has 154 valence electrons. The Bertz CT molecular complexity index is 980. The quantitative estimate of drug-likeness (QED) is 0.662. The maximum atomic E-state index is 13.7. The van der Waals surface area contributed by atoms with E-state index in [1.165, 1.54) is 24.3 Å². The van der Waals surface area contributed by atoms with Gasteiger partial charge < -0.3 is 9.84 Å². The fourth-order valence-electron chi connectivity index (χ4n) is 2.18. The van der Waals surface area contributed by atoms with Crippen molar-refractivity contribution in [2.45, 2.75) is 24.5 Å². The smallest absolute Gasteiger partial charge is 0.312 e. The van der Waals surface area contributed by atoms with Gasteiger partial charge in [-0.15, -0.1) is 0 Å². The molecule has 0 aliphatic rings. The van der Waals surface area contributed by atoms with E-state index in [-0.39, 0.29) is 33.9 Å². The summed E-state index contributed by atoms with van der Waals surface area (Å²) >= 11 is 0. The molecule has 0 spiro atoms. The van der Waals surface area contributed by atoms with Gasteiger partial charge in [-0.3, -0.25) is 4.79 Å². The standard InChI is InChI=1S/C16H18F3N3O5S/c1-9(7-23)8-27-13-12(6-21-22(16(13)24)15(19)14(17)18)10-2-4-11(5-3-10)28(20,25)26/h2-6,9,14-15,23H,7-8H2,1H3,(H2,20,25,26). The lowest BCUT2D eigenvalue weighted by molar-refractivity contribution is -0.00284. The van der Waals surface area contributed by atoms with E-state index in [4.69, 9.17) is 15.0 Å². The fraction of sp³-hybridized carbons (Fsp3) is 0.375. The van der Waals surface area contributed by atoms with Crippen LogP contribution in [0.3, 0.4) is 0 Å². The highest BCUT2D eigenvalue weighted by atomic mass is 32.2. The van der Waals surface area contributed by atoms with Crippen LogP contribution in [-0.2, 0) is 10.0 Å². The van der Waals surface area contributed by atoms with E-state index < -0.39 is 40.0 Å². The highest BCUT2D eigenvalue weighted by molar-refractivity contribution is 7.89. The van der Waals surface area contributed by atoms with Crippen molar-refractivity contribution in [2.75, 3.05) is 13.2 Å². The number of aliphatic hydroxyl groups is 1. The summed E-state index contributed by atoms with van der Waals surface area (Å²) in [6.07, 6.45) is -5.49. The van der Waals surface area contributed by atoms with Crippen molar-refractivity contribution in [1.29, 1.82) is 0 Å². The van der Waals surface area contributed by atoms with Crippen molar-refractivity contribution in [1.82, 2.24) is 9.78 Å². The molecule has 0 bridgehead atoms. The number of benzene rings is 1. The van der Waals surface area contributed by atoms with E-state index in [0.717, 1.165) is 6.20 Å². The maximum absolute atomic E-state index is 13.7. The molecule has 0 saturated heterocycles. The Morgan fingerprint density at radius 1 is 1.25 bits per heavy atom. The second-order valence-electron chi connectivity index (χ2n) is 6.01. The lowest BCUT2D eigenvalue weighted by Gasteiger charge is -2.16. The van der Waals surface area contributed by atoms with Gasteiger partial charge in [-0.05, 0) is 17.7 Å². The first-order valence-corrected chi connectivity index (χ1v) is 9.51. The molecular formula is C16H18F3N3O5S. The Morgan fingerprint density at radius 2 is 1.86 bits per heavy atom. The summed E-state index contributed by atoms with van der Waals surface area (Å²) in [6.45, 7) is 1.20. The minimum atomic E-state index is -3.95. The van der Waals surface area contributed by atoms with E-state index >= 15 is 0 Å². The molecule has 12 heteroatoms. The number of hydrogen-bond acceptors (Lipinski definition) is 6. The van der Waals surface area contributed by atoms with Crippen LogP contribution in [0.5, 0.6) is 5.75 Å². The molecule has 2 rings (SSSR count). The molecule has 0 aliphatic carbocycles. The van der Waals surface area contributed by atoms with Gasteiger partial charge in [-0.2, -0.15) is 9.78 Å². The first-order chi connectivity index (χ1) is 13.1. The van der Waals surface area contributed by atoms with Crippen molar-refractivity contribution >= 4 is 10.0 Å². The molecule has 0 amide bonds. The average molecular weight is 421 g/mol. The minimum Gasteiger partial charge on any atom is -0.487 e. The molecule has 2 unspecified atom stereocenters. The Kier molecular flexibility index (Phi) is 6.80. The van der Waals surface area contributed by atoms with E-state index in [9.17, 15) is 26.4 Å². The molecule has 0 fully saturated rings. The van der Waals surface area contributed by atoms with Gasteiger partial charge in [0.15, 0.2) is 5.75 Å². The number of nitrogens with zero attached hydrogens (tertiary/aromatic N) is 2. The van der Waals surface area contributed by atoms with Crippen LogP contribution in [0.4, 0.5) is 13.2 Å². The molecule has 1 aromatic heterocycles. The first kappa shape index (κ1) is 21.9. The molecule has 2 aromatic rings. The van der Waals surface area contributed by atoms with Gasteiger partial charge in [0.25, 0.3) is 12.7 Å². The van der Waals surface area contributed by atoms with Crippen molar-refractivity contribution < 1.29 is 31.4 Å². The third-order valence-corrected chi connectivity index (χ3v) is 4.65. The summed E-state index contributed by atoms with van der Waals surface area (Å²) < 4.78 is 67.0. The number of aliphatic hydroxyl groups excluding tert-OH is 1. The van der Waals surface area contributed by atoms with Crippen LogP contribution < -0.4 is 15.4 Å². The Morgan fingerprint density at radius 3 is 2.36 bits per heavy atom. The first-order valence-electron chi connectivity index (χ1n) is 7.97. The summed E-state index contributed by atoms with van der Waals surface area (Å²) in [7, 11) is -3.95. The SMILES string of the molecule is CC(CO)COc1c(-c2ccc(S(N)(=O)=O)cc2)cnn(C(F)C(F)F)c1=O. The number of nitrogens with two attached hydrogens (primary N) is 1. The zero-order valence-corrected chi connectivity index (χ0v) is 15.4. The summed E-state index contributed by atoms with van der Waals surface area (Å²) in [4.78, 5) is 12.3. The molecule has 8 nitrogen and oxygen atoms in total. The van der Waals surface area contributed by atoms with Crippen molar-refractivity contribution in [2.24, 2.45) is 11.1 Å². The van der Waals surface area contributed by atoms with Crippen molar-refractivity contribution in [3.63, 3.8) is 0 Å². The maximum Gasteiger partial charge on any atom is 0.312 e. The van der Waals surface area contributed by atoms with Crippen molar-refractivity contribution in [3.05, 3.63) is 40.8 Å². The van der Waals surface area contributed by atoms with E-state index in [2.05, 4.69) is 5.10 Å². The number of ether oxygens (including phenoxy) is 1. The lowest BCUT2D eigenvalue weighted by atomic mass is 10.1. The number of aromatic nitrogens is 2. The highest BCUT2D eigenvalue weighted by Gasteiger charge is 2.26. The van der Waals surface area contributed by atoms with E-state index in [1.807, 2.05) is 0 Å². The minimum absolute atomic E-state index is 0.0359. The van der Waals surface area contributed by atoms with Gasteiger partial charge >= 0.3 is 5.56 Å². The Balaban J connectivity index is 2.56. The third kappa shape index (κ3) is 4.88.